The topological polar surface area (TPSA) is 37.8 Å². The number of rotatable bonds is 5. The lowest BCUT2D eigenvalue weighted by Gasteiger charge is -2.40. The Morgan fingerprint density at radius 2 is 2.31 bits per heavy atom. The number of hydrogen-bond donors (Lipinski definition) is 1. The van der Waals surface area contributed by atoms with Gasteiger partial charge in [0.25, 0.3) is 0 Å². The molecule has 0 radical (unpaired) electrons. The van der Waals surface area contributed by atoms with E-state index in [1.54, 1.807) is 0 Å². The van der Waals surface area contributed by atoms with Gasteiger partial charge in [-0.1, -0.05) is 6.42 Å². The summed E-state index contributed by atoms with van der Waals surface area (Å²) in [5.74, 6) is 0.850. The van der Waals surface area contributed by atoms with Gasteiger partial charge in [0.2, 0.25) is 0 Å². The van der Waals surface area contributed by atoms with Crippen LogP contribution < -0.4 is 5.32 Å². The molecule has 0 aliphatic heterocycles. The van der Waals surface area contributed by atoms with Crippen molar-refractivity contribution in [2.24, 2.45) is 0 Å². The maximum absolute atomic E-state index is 4.38. The van der Waals surface area contributed by atoms with Gasteiger partial charge in [0.1, 0.15) is 5.82 Å². The molecule has 1 fully saturated rings. The van der Waals surface area contributed by atoms with Crippen molar-refractivity contribution in [3.8, 4) is 0 Å². The lowest BCUT2D eigenvalue weighted by molar-refractivity contribution is 0.345. The van der Waals surface area contributed by atoms with Crippen LogP contribution >= 0.6 is 11.8 Å². The highest BCUT2D eigenvalue weighted by Gasteiger charge is 2.35. The maximum atomic E-state index is 4.38. The van der Waals surface area contributed by atoms with Crippen LogP contribution in [0.25, 0.3) is 0 Å². The second-order valence-corrected chi connectivity index (χ2v) is 5.71. The molecule has 0 saturated heterocycles. The molecule has 1 aliphatic carbocycles. The fourth-order valence-electron chi connectivity index (χ4n) is 2.05. The molecule has 3 nitrogen and oxygen atoms in total. The third-order valence-corrected chi connectivity index (χ3v) is 4.70. The summed E-state index contributed by atoms with van der Waals surface area (Å²) in [4.78, 5) is 8.48. The van der Waals surface area contributed by atoms with Crippen molar-refractivity contribution in [3.05, 3.63) is 23.8 Å². The SMILES string of the molecule is CSC1(CNCc2ccnc(C)n2)CCC1. The predicted octanol–water partition coefficient (Wildman–Crippen LogP) is 2.16. The second-order valence-electron chi connectivity index (χ2n) is 4.44. The third-order valence-electron chi connectivity index (χ3n) is 3.28. The van der Waals surface area contributed by atoms with E-state index in [9.17, 15) is 0 Å². The Balaban J connectivity index is 1.79. The van der Waals surface area contributed by atoms with E-state index in [0.717, 1.165) is 24.6 Å². The Labute approximate surface area is 101 Å². The average molecular weight is 237 g/mol. The van der Waals surface area contributed by atoms with Crippen molar-refractivity contribution in [3.63, 3.8) is 0 Å². The highest BCUT2D eigenvalue weighted by molar-refractivity contribution is 8.00. The van der Waals surface area contributed by atoms with Gasteiger partial charge in [0, 0.05) is 24.0 Å². The van der Waals surface area contributed by atoms with Crippen LogP contribution in [0.4, 0.5) is 0 Å². The normalized spacial score (nSPS) is 18.1. The van der Waals surface area contributed by atoms with Crippen LogP contribution in [-0.4, -0.2) is 27.5 Å². The van der Waals surface area contributed by atoms with Gasteiger partial charge in [-0.15, -0.1) is 0 Å². The molecule has 1 N–H and O–H groups in total. The van der Waals surface area contributed by atoms with Gasteiger partial charge in [0.15, 0.2) is 0 Å². The van der Waals surface area contributed by atoms with Crippen LogP contribution in [0.15, 0.2) is 12.3 Å². The maximum Gasteiger partial charge on any atom is 0.125 e. The Morgan fingerprint density at radius 3 is 2.88 bits per heavy atom. The zero-order chi connectivity index (χ0) is 11.4. The molecule has 0 amide bonds. The minimum Gasteiger partial charge on any atom is -0.310 e. The smallest absolute Gasteiger partial charge is 0.125 e. The van der Waals surface area contributed by atoms with Gasteiger partial charge >= 0.3 is 0 Å². The van der Waals surface area contributed by atoms with Gasteiger partial charge in [-0.2, -0.15) is 11.8 Å². The number of hydrogen-bond acceptors (Lipinski definition) is 4. The van der Waals surface area contributed by atoms with Crippen LogP contribution in [0.1, 0.15) is 30.8 Å². The molecular formula is C12H19N3S. The van der Waals surface area contributed by atoms with Crippen molar-refractivity contribution in [1.29, 1.82) is 0 Å². The summed E-state index contributed by atoms with van der Waals surface area (Å²) in [5, 5.41) is 3.51. The first-order valence-electron chi connectivity index (χ1n) is 5.78. The minimum absolute atomic E-state index is 0.502. The fourth-order valence-corrected chi connectivity index (χ4v) is 2.99. The lowest BCUT2D eigenvalue weighted by Crippen LogP contribution is -2.43. The quantitative estimate of drug-likeness (QED) is 0.851. The summed E-state index contributed by atoms with van der Waals surface area (Å²) in [5.41, 5.74) is 1.09. The van der Waals surface area contributed by atoms with E-state index in [2.05, 4.69) is 21.5 Å². The fraction of sp³-hybridized carbons (Fsp3) is 0.667. The number of thioether (sulfide) groups is 1. The standard InChI is InChI=1S/C12H19N3S/c1-10-14-7-4-11(15-10)8-13-9-12(16-2)5-3-6-12/h4,7,13H,3,5-6,8-9H2,1-2H3. The molecule has 2 rings (SSSR count). The summed E-state index contributed by atoms with van der Waals surface area (Å²) in [6.07, 6.45) is 8.13. The van der Waals surface area contributed by atoms with Gasteiger partial charge in [-0.05, 0) is 32.1 Å². The first-order valence-corrected chi connectivity index (χ1v) is 7.01. The van der Waals surface area contributed by atoms with Crippen molar-refractivity contribution in [1.82, 2.24) is 15.3 Å². The Hall–Kier alpha value is -0.610. The van der Waals surface area contributed by atoms with E-state index in [-0.39, 0.29) is 0 Å². The van der Waals surface area contributed by atoms with E-state index in [1.165, 1.54) is 19.3 Å². The van der Waals surface area contributed by atoms with Gasteiger partial charge < -0.3 is 5.32 Å². The molecule has 1 heterocycles. The molecule has 1 aromatic rings. The molecule has 88 valence electrons. The molecule has 1 saturated carbocycles. The zero-order valence-corrected chi connectivity index (χ0v) is 10.8. The van der Waals surface area contributed by atoms with Crippen molar-refractivity contribution < 1.29 is 0 Å². The van der Waals surface area contributed by atoms with E-state index in [4.69, 9.17) is 0 Å². The van der Waals surface area contributed by atoms with Crippen molar-refractivity contribution in [2.45, 2.75) is 37.5 Å². The average Bonchev–Trinajstić information content (AvgIpc) is 2.22. The summed E-state index contributed by atoms with van der Waals surface area (Å²) < 4.78 is 0.502. The molecule has 1 aromatic heterocycles. The van der Waals surface area contributed by atoms with E-state index in [1.807, 2.05) is 30.9 Å². The molecule has 0 unspecified atom stereocenters. The highest BCUT2D eigenvalue weighted by atomic mass is 32.2. The molecule has 0 spiro atoms. The number of nitrogens with zero attached hydrogens (tertiary/aromatic N) is 2. The highest BCUT2D eigenvalue weighted by Crippen LogP contribution is 2.42. The molecule has 16 heavy (non-hydrogen) atoms. The number of aromatic nitrogens is 2. The van der Waals surface area contributed by atoms with E-state index >= 15 is 0 Å². The monoisotopic (exact) mass is 237 g/mol. The largest absolute Gasteiger partial charge is 0.310 e. The number of aryl methyl sites for hydroxylation is 1. The second kappa shape index (κ2) is 5.15. The Morgan fingerprint density at radius 1 is 1.50 bits per heavy atom. The third kappa shape index (κ3) is 2.74. The molecular weight excluding hydrogens is 218 g/mol. The van der Waals surface area contributed by atoms with Crippen LogP contribution in [0, 0.1) is 6.92 Å². The van der Waals surface area contributed by atoms with Gasteiger partial charge in [-0.3, -0.25) is 0 Å². The molecule has 0 atom stereocenters. The molecule has 4 heteroatoms. The summed E-state index contributed by atoms with van der Waals surface area (Å²) in [6.45, 7) is 3.88. The Kier molecular flexibility index (Phi) is 3.82. The lowest BCUT2D eigenvalue weighted by atomic mass is 9.84. The zero-order valence-electron chi connectivity index (χ0n) is 9.99. The first kappa shape index (κ1) is 11.9. The summed E-state index contributed by atoms with van der Waals surface area (Å²) >= 11 is 2.00. The van der Waals surface area contributed by atoms with Gasteiger partial charge in [-0.25, -0.2) is 9.97 Å². The molecule has 1 aliphatic rings. The van der Waals surface area contributed by atoms with Crippen LogP contribution in [0.2, 0.25) is 0 Å². The van der Waals surface area contributed by atoms with Crippen LogP contribution in [0.3, 0.4) is 0 Å². The minimum atomic E-state index is 0.502. The number of nitrogens with one attached hydrogen (secondary N) is 1. The van der Waals surface area contributed by atoms with Crippen molar-refractivity contribution >= 4 is 11.8 Å². The Bertz CT molecular complexity index is 344. The first-order chi connectivity index (χ1) is 7.74. The van der Waals surface area contributed by atoms with Gasteiger partial charge in [0.05, 0.1) is 5.69 Å². The molecule has 0 aromatic carbocycles. The van der Waals surface area contributed by atoms with Crippen LogP contribution in [-0.2, 0) is 6.54 Å². The van der Waals surface area contributed by atoms with Crippen molar-refractivity contribution in [2.75, 3.05) is 12.8 Å². The van der Waals surface area contributed by atoms with E-state index in [0.29, 0.717) is 4.75 Å². The van der Waals surface area contributed by atoms with E-state index < -0.39 is 0 Å². The predicted molar refractivity (Wildman–Crippen MR) is 68.6 cm³/mol. The molecule has 0 bridgehead atoms. The summed E-state index contributed by atoms with van der Waals surface area (Å²) in [6, 6.07) is 1.98. The summed E-state index contributed by atoms with van der Waals surface area (Å²) in [7, 11) is 0. The van der Waals surface area contributed by atoms with Crippen LogP contribution in [0.5, 0.6) is 0 Å².